The summed E-state index contributed by atoms with van der Waals surface area (Å²) in [5.41, 5.74) is -1.94. The Kier molecular flexibility index (Phi) is 3.54. The normalized spacial score (nSPS) is 26.3. The number of ether oxygens (including phenoxy) is 2. The van der Waals surface area contributed by atoms with Crippen molar-refractivity contribution < 1.29 is 24.2 Å². The third kappa shape index (κ3) is 2.09. The molecule has 134 valence electrons. The molecule has 2 heterocycles. The van der Waals surface area contributed by atoms with Crippen LogP contribution in [-0.4, -0.2) is 29.8 Å². The first kappa shape index (κ1) is 16.9. The fraction of sp³-hybridized carbons (Fsp3) is 0.263. The van der Waals surface area contributed by atoms with Crippen LogP contribution in [0.4, 0.5) is 5.69 Å². The van der Waals surface area contributed by atoms with Gasteiger partial charge in [-0.2, -0.15) is 0 Å². The SMILES string of the molecule is COc1ccc2c(c1)[C@]1(O)CC(=O)O[C@]1(C)N2C(=O)c1ccc(Cl)cc1. The van der Waals surface area contributed by atoms with E-state index in [2.05, 4.69) is 0 Å². The van der Waals surface area contributed by atoms with Gasteiger partial charge in [0.15, 0.2) is 5.60 Å². The number of carbonyl (C=O) groups excluding carboxylic acids is 2. The van der Waals surface area contributed by atoms with Crippen LogP contribution in [0.25, 0.3) is 0 Å². The first-order valence-electron chi connectivity index (χ1n) is 8.03. The molecule has 6 nitrogen and oxygen atoms in total. The second-order valence-corrected chi connectivity index (χ2v) is 6.96. The molecule has 2 atom stereocenters. The molecule has 0 bridgehead atoms. The number of amides is 1. The maximum absolute atomic E-state index is 13.2. The lowest BCUT2D eigenvalue weighted by atomic mass is 9.86. The average Bonchev–Trinajstić information content (AvgIpc) is 2.94. The molecule has 2 aromatic rings. The highest BCUT2D eigenvalue weighted by molar-refractivity contribution is 6.30. The fourth-order valence-corrected chi connectivity index (χ4v) is 3.84. The summed E-state index contributed by atoms with van der Waals surface area (Å²) < 4.78 is 10.7. The summed E-state index contributed by atoms with van der Waals surface area (Å²) in [6.07, 6.45) is -0.242. The van der Waals surface area contributed by atoms with E-state index in [4.69, 9.17) is 21.1 Å². The molecular formula is C19H16ClNO5. The molecule has 0 unspecified atom stereocenters. The summed E-state index contributed by atoms with van der Waals surface area (Å²) in [6, 6.07) is 11.4. The van der Waals surface area contributed by atoms with Crippen LogP contribution in [-0.2, 0) is 15.1 Å². The van der Waals surface area contributed by atoms with Crippen molar-refractivity contribution in [1.82, 2.24) is 0 Å². The molecule has 2 aliphatic heterocycles. The van der Waals surface area contributed by atoms with Crippen LogP contribution in [0.2, 0.25) is 5.02 Å². The summed E-state index contributed by atoms with van der Waals surface area (Å²) >= 11 is 5.90. The van der Waals surface area contributed by atoms with Crippen LogP contribution in [0.5, 0.6) is 5.75 Å². The zero-order chi connectivity index (χ0) is 18.7. The second-order valence-electron chi connectivity index (χ2n) is 6.52. The van der Waals surface area contributed by atoms with Gasteiger partial charge in [-0.05, 0) is 49.4 Å². The molecule has 4 rings (SSSR count). The van der Waals surface area contributed by atoms with Crippen LogP contribution in [0.1, 0.15) is 29.3 Å². The molecule has 0 radical (unpaired) electrons. The van der Waals surface area contributed by atoms with Gasteiger partial charge in [0.1, 0.15) is 5.75 Å². The molecule has 26 heavy (non-hydrogen) atoms. The number of rotatable bonds is 2. The number of halogens is 1. The maximum atomic E-state index is 13.2. The van der Waals surface area contributed by atoms with Gasteiger partial charge in [0.25, 0.3) is 5.91 Å². The number of methoxy groups -OCH3 is 1. The van der Waals surface area contributed by atoms with Crippen LogP contribution in [0.3, 0.4) is 0 Å². The topological polar surface area (TPSA) is 76.1 Å². The van der Waals surface area contributed by atoms with E-state index in [1.807, 2.05) is 0 Å². The van der Waals surface area contributed by atoms with Gasteiger partial charge in [0.05, 0.1) is 19.2 Å². The quantitative estimate of drug-likeness (QED) is 0.819. The van der Waals surface area contributed by atoms with Gasteiger partial charge in [0, 0.05) is 16.1 Å². The molecule has 0 spiro atoms. The molecule has 1 saturated heterocycles. The number of benzene rings is 2. The third-order valence-electron chi connectivity index (χ3n) is 5.09. The van der Waals surface area contributed by atoms with E-state index in [1.165, 1.54) is 18.9 Å². The van der Waals surface area contributed by atoms with Gasteiger partial charge >= 0.3 is 5.97 Å². The number of hydrogen-bond acceptors (Lipinski definition) is 5. The molecule has 2 aromatic carbocycles. The third-order valence-corrected chi connectivity index (χ3v) is 5.34. The molecule has 0 aliphatic carbocycles. The Morgan fingerprint density at radius 2 is 1.96 bits per heavy atom. The molecule has 1 amide bonds. The number of hydrogen-bond donors (Lipinski definition) is 1. The van der Waals surface area contributed by atoms with Crippen LogP contribution >= 0.6 is 11.6 Å². The van der Waals surface area contributed by atoms with Crippen LogP contribution in [0, 0.1) is 0 Å². The molecule has 1 N–H and O–H groups in total. The van der Waals surface area contributed by atoms with E-state index in [-0.39, 0.29) is 6.42 Å². The van der Waals surface area contributed by atoms with Crippen molar-refractivity contribution in [3.63, 3.8) is 0 Å². The highest BCUT2D eigenvalue weighted by atomic mass is 35.5. The van der Waals surface area contributed by atoms with Crippen molar-refractivity contribution >= 4 is 29.2 Å². The molecule has 2 aliphatic rings. The molecule has 0 aromatic heterocycles. The Labute approximate surface area is 154 Å². The van der Waals surface area contributed by atoms with Crippen molar-refractivity contribution in [3.05, 3.63) is 58.6 Å². The first-order chi connectivity index (χ1) is 12.3. The number of anilines is 1. The highest BCUT2D eigenvalue weighted by Gasteiger charge is 2.68. The first-order valence-corrected chi connectivity index (χ1v) is 8.41. The number of aliphatic hydroxyl groups is 1. The van der Waals surface area contributed by atoms with Crippen molar-refractivity contribution in [2.75, 3.05) is 12.0 Å². The van der Waals surface area contributed by atoms with Crippen molar-refractivity contribution in [1.29, 1.82) is 0 Å². The predicted molar refractivity (Wildman–Crippen MR) is 94.3 cm³/mol. The number of fused-ring (bicyclic) bond motifs is 3. The molecule has 7 heteroatoms. The lowest BCUT2D eigenvalue weighted by Crippen LogP contribution is -2.56. The van der Waals surface area contributed by atoms with Crippen LogP contribution < -0.4 is 9.64 Å². The van der Waals surface area contributed by atoms with E-state index in [0.717, 1.165) is 0 Å². The Bertz CT molecular complexity index is 928. The Balaban J connectivity index is 1.90. The zero-order valence-electron chi connectivity index (χ0n) is 14.2. The van der Waals surface area contributed by atoms with Crippen molar-refractivity contribution in [3.8, 4) is 5.75 Å². The summed E-state index contributed by atoms with van der Waals surface area (Å²) in [5.74, 6) is -0.460. The summed E-state index contributed by atoms with van der Waals surface area (Å²) in [5, 5.41) is 11.8. The molecular weight excluding hydrogens is 358 g/mol. The predicted octanol–water partition coefficient (Wildman–Crippen LogP) is 2.86. The van der Waals surface area contributed by atoms with Gasteiger partial charge < -0.3 is 14.6 Å². The fourth-order valence-electron chi connectivity index (χ4n) is 3.71. The van der Waals surface area contributed by atoms with E-state index < -0.39 is 23.2 Å². The minimum absolute atomic E-state index is 0.242. The average molecular weight is 374 g/mol. The number of carbonyl (C=O) groups is 2. The van der Waals surface area contributed by atoms with E-state index in [9.17, 15) is 14.7 Å². The lowest BCUT2D eigenvalue weighted by molar-refractivity contribution is -0.152. The Morgan fingerprint density at radius 1 is 1.27 bits per heavy atom. The summed E-state index contributed by atoms with van der Waals surface area (Å²) in [6.45, 7) is 1.54. The number of esters is 1. The largest absolute Gasteiger partial charge is 0.497 e. The van der Waals surface area contributed by atoms with Gasteiger partial charge in [-0.3, -0.25) is 14.5 Å². The van der Waals surface area contributed by atoms with Gasteiger partial charge in [-0.15, -0.1) is 0 Å². The van der Waals surface area contributed by atoms with E-state index in [1.54, 1.807) is 42.5 Å². The summed E-state index contributed by atoms with van der Waals surface area (Å²) in [7, 11) is 1.51. The monoisotopic (exact) mass is 373 g/mol. The molecule has 0 saturated carbocycles. The second kappa shape index (κ2) is 5.46. The smallest absolute Gasteiger partial charge is 0.311 e. The minimum atomic E-state index is -1.66. The standard InChI is InChI=1S/C19H16ClNO5/c1-18-19(24,10-16(22)26-18)14-9-13(25-2)7-8-15(14)21(18)17(23)11-3-5-12(20)6-4-11/h3-9,24H,10H2,1-2H3/t18-,19+/m0/s1. The number of nitrogens with zero attached hydrogens (tertiary/aromatic N) is 1. The van der Waals surface area contributed by atoms with Gasteiger partial charge in [-0.25, -0.2) is 0 Å². The Hall–Kier alpha value is -2.57. The van der Waals surface area contributed by atoms with Gasteiger partial charge in [0.2, 0.25) is 5.72 Å². The highest BCUT2D eigenvalue weighted by Crippen LogP contribution is 2.57. The van der Waals surface area contributed by atoms with Crippen molar-refractivity contribution in [2.45, 2.75) is 24.7 Å². The van der Waals surface area contributed by atoms with E-state index in [0.29, 0.717) is 27.6 Å². The lowest BCUT2D eigenvalue weighted by Gasteiger charge is -2.36. The van der Waals surface area contributed by atoms with Gasteiger partial charge in [-0.1, -0.05) is 11.6 Å². The molecule has 1 fully saturated rings. The Morgan fingerprint density at radius 3 is 2.62 bits per heavy atom. The zero-order valence-corrected chi connectivity index (χ0v) is 14.9. The van der Waals surface area contributed by atoms with Crippen molar-refractivity contribution in [2.24, 2.45) is 0 Å². The minimum Gasteiger partial charge on any atom is -0.497 e. The maximum Gasteiger partial charge on any atom is 0.311 e. The van der Waals surface area contributed by atoms with E-state index >= 15 is 0 Å². The van der Waals surface area contributed by atoms with Crippen LogP contribution in [0.15, 0.2) is 42.5 Å². The summed E-state index contributed by atoms with van der Waals surface area (Å²) in [4.78, 5) is 26.6.